The molecule has 2 aromatic carbocycles. The van der Waals surface area contributed by atoms with Gasteiger partial charge in [-0.1, -0.05) is 42.5 Å². The topological polar surface area (TPSA) is 63.4 Å². The zero-order chi connectivity index (χ0) is 18.5. The lowest BCUT2D eigenvalue weighted by Gasteiger charge is -2.26. The first-order valence-electron chi connectivity index (χ1n) is 9.16. The molecule has 5 heteroatoms. The molecule has 1 atom stereocenters. The zero-order valence-corrected chi connectivity index (χ0v) is 15.0. The van der Waals surface area contributed by atoms with E-state index < -0.39 is 0 Å². The highest BCUT2D eigenvalue weighted by atomic mass is 16.6. The molecule has 1 unspecified atom stereocenters. The molecular weight excluding hydrogens is 340 g/mol. The van der Waals surface area contributed by atoms with Crippen LogP contribution in [0, 0.1) is 0 Å². The molecule has 2 heterocycles. The molecule has 0 spiro atoms. The second-order valence-corrected chi connectivity index (χ2v) is 6.56. The van der Waals surface area contributed by atoms with E-state index >= 15 is 0 Å². The van der Waals surface area contributed by atoms with Gasteiger partial charge in [0.05, 0.1) is 6.54 Å². The number of aromatic amines is 1. The fraction of sp³-hybridized carbons (Fsp3) is 0.227. The molecule has 0 saturated carbocycles. The van der Waals surface area contributed by atoms with Crippen molar-refractivity contribution in [1.29, 1.82) is 0 Å². The minimum absolute atomic E-state index is 0.00770. The monoisotopic (exact) mass is 362 g/mol. The van der Waals surface area contributed by atoms with Gasteiger partial charge >= 0.3 is 0 Å². The quantitative estimate of drug-likeness (QED) is 0.705. The molecule has 5 nitrogen and oxygen atoms in total. The van der Waals surface area contributed by atoms with E-state index in [1.807, 2.05) is 54.6 Å². The van der Waals surface area contributed by atoms with Gasteiger partial charge < -0.3 is 19.8 Å². The first-order chi connectivity index (χ1) is 13.3. The predicted octanol–water partition coefficient (Wildman–Crippen LogP) is 3.57. The summed E-state index contributed by atoms with van der Waals surface area (Å²) in [6, 6.07) is 21.8. The maximum Gasteiger partial charge on any atom is 0.220 e. The van der Waals surface area contributed by atoms with Gasteiger partial charge in [-0.15, -0.1) is 0 Å². The number of H-pyrrole nitrogens is 1. The number of aryl methyl sites for hydroxylation is 1. The predicted molar refractivity (Wildman–Crippen MR) is 104 cm³/mol. The molecule has 138 valence electrons. The normalized spacial score (nSPS) is 15.3. The highest BCUT2D eigenvalue weighted by molar-refractivity contribution is 5.76. The molecule has 27 heavy (non-hydrogen) atoms. The van der Waals surface area contributed by atoms with E-state index in [-0.39, 0.29) is 12.0 Å². The Morgan fingerprint density at radius 1 is 1.00 bits per heavy atom. The highest BCUT2D eigenvalue weighted by Gasteiger charge is 2.20. The third-order valence-corrected chi connectivity index (χ3v) is 4.55. The molecular formula is C22H22N2O3. The van der Waals surface area contributed by atoms with Crippen LogP contribution in [0.5, 0.6) is 11.5 Å². The molecule has 0 aliphatic carbocycles. The van der Waals surface area contributed by atoms with E-state index in [1.54, 1.807) is 0 Å². The summed E-state index contributed by atoms with van der Waals surface area (Å²) in [5.74, 6) is 1.48. The molecule has 1 aliphatic rings. The number of amides is 1. The van der Waals surface area contributed by atoms with Gasteiger partial charge in [-0.05, 0) is 36.2 Å². The number of benzene rings is 2. The standard InChI is InChI=1S/C22H22N2O3/c25-22(23-14-18-15-26-20-8-4-5-9-21(20)27-18)13-11-17-10-12-19(24-17)16-6-2-1-3-7-16/h1-10,12,18,24H,11,13-15H2,(H,23,25). The summed E-state index contributed by atoms with van der Waals surface area (Å²) >= 11 is 0. The molecule has 0 fully saturated rings. The van der Waals surface area contributed by atoms with Gasteiger partial charge in [0.2, 0.25) is 5.91 Å². The van der Waals surface area contributed by atoms with Crippen LogP contribution in [0.2, 0.25) is 0 Å². The number of fused-ring (bicyclic) bond motifs is 1. The Bertz CT molecular complexity index is 905. The van der Waals surface area contributed by atoms with Gasteiger partial charge in [0.25, 0.3) is 0 Å². The van der Waals surface area contributed by atoms with Crippen molar-refractivity contribution in [2.45, 2.75) is 18.9 Å². The van der Waals surface area contributed by atoms with Gasteiger partial charge in [0, 0.05) is 17.8 Å². The molecule has 0 bridgehead atoms. The average Bonchev–Trinajstić information content (AvgIpc) is 3.20. The second kappa shape index (κ2) is 7.99. The Morgan fingerprint density at radius 2 is 1.78 bits per heavy atom. The van der Waals surface area contributed by atoms with Crippen molar-refractivity contribution in [3.05, 3.63) is 72.4 Å². The number of hydrogen-bond acceptors (Lipinski definition) is 3. The highest BCUT2D eigenvalue weighted by Crippen LogP contribution is 2.30. The number of rotatable bonds is 6. The van der Waals surface area contributed by atoms with Crippen molar-refractivity contribution in [2.24, 2.45) is 0 Å². The van der Waals surface area contributed by atoms with Crippen LogP contribution in [0.1, 0.15) is 12.1 Å². The summed E-state index contributed by atoms with van der Waals surface area (Å²) in [4.78, 5) is 15.5. The second-order valence-electron chi connectivity index (χ2n) is 6.56. The van der Waals surface area contributed by atoms with E-state index in [0.29, 0.717) is 26.0 Å². The molecule has 0 radical (unpaired) electrons. The van der Waals surface area contributed by atoms with Gasteiger partial charge in [0.1, 0.15) is 12.7 Å². The molecule has 1 aromatic heterocycles. The fourth-order valence-electron chi connectivity index (χ4n) is 3.10. The Labute approximate surface area is 158 Å². The van der Waals surface area contributed by atoms with E-state index in [1.165, 1.54) is 0 Å². The largest absolute Gasteiger partial charge is 0.486 e. The number of hydrogen-bond donors (Lipinski definition) is 2. The van der Waals surface area contributed by atoms with Crippen LogP contribution < -0.4 is 14.8 Å². The summed E-state index contributed by atoms with van der Waals surface area (Å²) in [5, 5.41) is 2.93. The lowest BCUT2D eigenvalue weighted by molar-refractivity contribution is -0.121. The van der Waals surface area contributed by atoms with Crippen LogP contribution >= 0.6 is 0 Å². The van der Waals surface area contributed by atoms with Crippen molar-refractivity contribution >= 4 is 5.91 Å². The summed E-state index contributed by atoms with van der Waals surface area (Å²) in [7, 11) is 0. The Kier molecular flexibility index (Phi) is 5.10. The third-order valence-electron chi connectivity index (χ3n) is 4.55. The van der Waals surface area contributed by atoms with Crippen LogP contribution in [-0.2, 0) is 11.2 Å². The minimum atomic E-state index is -0.168. The van der Waals surface area contributed by atoms with Crippen LogP contribution in [0.4, 0.5) is 0 Å². The minimum Gasteiger partial charge on any atom is -0.486 e. The molecule has 1 aliphatic heterocycles. The van der Waals surface area contributed by atoms with Crippen molar-refractivity contribution in [3.8, 4) is 22.8 Å². The van der Waals surface area contributed by atoms with Crippen molar-refractivity contribution in [3.63, 3.8) is 0 Å². The average molecular weight is 362 g/mol. The lowest BCUT2D eigenvalue weighted by Crippen LogP contribution is -2.40. The first kappa shape index (κ1) is 17.2. The number of nitrogens with one attached hydrogen (secondary N) is 2. The van der Waals surface area contributed by atoms with Crippen LogP contribution in [-0.4, -0.2) is 30.1 Å². The fourth-order valence-corrected chi connectivity index (χ4v) is 3.10. The molecule has 1 amide bonds. The summed E-state index contributed by atoms with van der Waals surface area (Å²) < 4.78 is 11.5. The molecule has 2 N–H and O–H groups in total. The smallest absolute Gasteiger partial charge is 0.220 e. The maximum atomic E-state index is 12.2. The zero-order valence-electron chi connectivity index (χ0n) is 15.0. The van der Waals surface area contributed by atoms with E-state index in [4.69, 9.17) is 9.47 Å². The summed E-state index contributed by atoms with van der Waals surface area (Å²) in [5.41, 5.74) is 3.26. The summed E-state index contributed by atoms with van der Waals surface area (Å²) in [6.45, 7) is 0.877. The van der Waals surface area contributed by atoms with Gasteiger partial charge in [-0.2, -0.15) is 0 Å². The molecule has 0 saturated heterocycles. The molecule has 4 rings (SSSR count). The Morgan fingerprint density at radius 3 is 2.63 bits per heavy atom. The number of ether oxygens (including phenoxy) is 2. The van der Waals surface area contributed by atoms with E-state index in [9.17, 15) is 4.79 Å². The number of aromatic nitrogens is 1. The summed E-state index contributed by atoms with van der Waals surface area (Å²) in [6.07, 6.45) is 0.932. The van der Waals surface area contributed by atoms with Crippen molar-refractivity contribution < 1.29 is 14.3 Å². The lowest BCUT2D eigenvalue weighted by atomic mass is 10.2. The number of para-hydroxylation sites is 2. The third kappa shape index (κ3) is 4.31. The number of carbonyl (C=O) groups is 1. The van der Waals surface area contributed by atoms with Crippen LogP contribution in [0.3, 0.4) is 0 Å². The Balaban J connectivity index is 1.23. The van der Waals surface area contributed by atoms with E-state index in [0.717, 1.165) is 28.5 Å². The van der Waals surface area contributed by atoms with Crippen molar-refractivity contribution in [2.75, 3.05) is 13.2 Å². The SMILES string of the molecule is O=C(CCc1ccc(-c2ccccc2)[nH]1)NCC1COc2ccccc2O1. The van der Waals surface area contributed by atoms with Gasteiger partial charge in [0.15, 0.2) is 11.5 Å². The number of carbonyl (C=O) groups excluding carboxylic acids is 1. The van der Waals surface area contributed by atoms with E-state index in [2.05, 4.69) is 22.4 Å². The van der Waals surface area contributed by atoms with Crippen molar-refractivity contribution in [1.82, 2.24) is 10.3 Å². The first-order valence-corrected chi connectivity index (χ1v) is 9.16. The van der Waals surface area contributed by atoms with Crippen LogP contribution in [0.25, 0.3) is 11.3 Å². The maximum absolute atomic E-state index is 12.2. The Hall–Kier alpha value is -3.21. The van der Waals surface area contributed by atoms with Crippen LogP contribution in [0.15, 0.2) is 66.7 Å². The van der Waals surface area contributed by atoms with Gasteiger partial charge in [-0.25, -0.2) is 0 Å². The van der Waals surface area contributed by atoms with Gasteiger partial charge in [-0.3, -0.25) is 4.79 Å². The molecule has 3 aromatic rings.